The molecule has 3 aromatic rings. The summed E-state index contributed by atoms with van der Waals surface area (Å²) in [5.41, 5.74) is 3.34. The number of rotatable bonds is 7. The van der Waals surface area contributed by atoms with E-state index in [-0.39, 0.29) is 0 Å². The van der Waals surface area contributed by atoms with Crippen LogP contribution in [0.1, 0.15) is 28.2 Å². The number of hydrogen-bond acceptors (Lipinski definition) is 5. The van der Waals surface area contributed by atoms with Gasteiger partial charge >= 0.3 is 0 Å². The van der Waals surface area contributed by atoms with Gasteiger partial charge in [-0.15, -0.1) is 22.7 Å². The molecular weight excluding hydrogens is 374 g/mol. The Balaban J connectivity index is 1.61. The van der Waals surface area contributed by atoms with Crippen LogP contribution in [-0.2, 0) is 13.0 Å². The van der Waals surface area contributed by atoms with E-state index < -0.39 is 0 Å². The highest BCUT2D eigenvalue weighted by Gasteiger charge is 2.09. The van der Waals surface area contributed by atoms with E-state index in [0.29, 0.717) is 6.54 Å². The van der Waals surface area contributed by atoms with Gasteiger partial charge in [-0.25, -0.2) is 15.0 Å². The second kappa shape index (κ2) is 9.62. The molecule has 0 unspecified atom stereocenters. The molecule has 1 aromatic carbocycles. The summed E-state index contributed by atoms with van der Waals surface area (Å²) in [7, 11) is 0. The normalized spacial score (nSPS) is 11.6. The van der Waals surface area contributed by atoms with Crippen molar-refractivity contribution in [1.82, 2.24) is 20.6 Å². The summed E-state index contributed by atoms with van der Waals surface area (Å²) in [6, 6.07) is 10.3. The first kappa shape index (κ1) is 19.5. The average Bonchev–Trinajstić information content (AvgIpc) is 3.26. The first-order valence-electron chi connectivity index (χ1n) is 9.10. The van der Waals surface area contributed by atoms with Crippen LogP contribution in [0.3, 0.4) is 0 Å². The molecule has 142 valence electrons. The maximum Gasteiger partial charge on any atom is 0.191 e. The monoisotopic (exact) mass is 399 g/mol. The van der Waals surface area contributed by atoms with Crippen LogP contribution < -0.4 is 10.6 Å². The maximum absolute atomic E-state index is 4.73. The lowest BCUT2D eigenvalue weighted by atomic mass is 10.2. The Bertz CT molecular complexity index is 883. The molecule has 3 rings (SSSR count). The van der Waals surface area contributed by atoms with Crippen LogP contribution in [0, 0.1) is 13.8 Å². The fraction of sp³-hybridized carbons (Fsp3) is 0.350. The maximum atomic E-state index is 4.73. The zero-order valence-electron chi connectivity index (χ0n) is 16.0. The fourth-order valence-corrected chi connectivity index (χ4v) is 4.24. The van der Waals surface area contributed by atoms with Crippen molar-refractivity contribution < 1.29 is 0 Å². The van der Waals surface area contributed by atoms with Crippen LogP contribution in [-0.4, -0.2) is 29.0 Å². The van der Waals surface area contributed by atoms with Gasteiger partial charge in [-0.05, 0) is 20.8 Å². The zero-order valence-corrected chi connectivity index (χ0v) is 17.6. The summed E-state index contributed by atoms with van der Waals surface area (Å²) in [6.07, 6.45) is 0.895. The van der Waals surface area contributed by atoms with Crippen molar-refractivity contribution in [3.8, 4) is 10.6 Å². The van der Waals surface area contributed by atoms with E-state index in [1.165, 1.54) is 4.88 Å². The van der Waals surface area contributed by atoms with Gasteiger partial charge in [0.25, 0.3) is 0 Å². The van der Waals surface area contributed by atoms with Crippen molar-refractivity contribution in [2.75, 3.05) is 13.1 Å². The summed E-state index contributed by atoms with van der Waals surface area (Å²) in [4.78, 5) is 15.1. The van der Waals surface area contributed by atoms with E-state index in [4.69, 9.17) is 9.98 Å². The molecule has 2 N–H and O–H groups in total. The second-order valence-electron chi connectivity index (χ2n) is 6.12. The number of benzene rings is 1. The highest BCUT2D eigenvalue weighted by Crippen LogP contribution is 2.28. The molecule has 2 aromatic heterocycles. The lowest BCUT2D eigenvalue weighted by Crippen LogP contribution is -2.38. The van der Waals surface area contributed by atoms with Crippen molar-refractivity contribution in [3.63, 3.8) is 0 Å². The summed E-state index contributed by atoms with van der Waals surface area (Å²) in [5, 5.41) is 11.0. The minimum Gasteiger partial charge on any atom is -0.357 e. The highest BCUT2D eigenvalue weighted by molar-refractivity contribution is 7.15. The third-order valence-corrected chi connectivity index (χ3v) is 5.99. The molecule has 0 aliphatic rings. The largest absolute Gasteiger partial charge is 0.357 e. The Kier molecular flexibility index (Phi) is 6.95. The molecule has 0 aliphatic heterocycles. The van der Waals surface area contributed by atoms with Crippen LogP contribution >= 0.6 is 22.7 Å². The van der Waals surface area contributed by atoms with E-state index >= 15 is 0 Å². The molecule has 7 heteroatoms. The first-order valence-corrected chi connectivity index (χ1v) is 10.8. The van der Waals surface area contributed by atoms with Crippen molar-refractivity contribution in [2.45, 2.75) is 33.7 Å². The van der Waals surface area contributed by atoms with Crippen molar-refractivity contribution in [3.05, 3.63) is 57.0 Å². The average molecular weight is 400 g/mol. The van der Waals surface area contributed by atoms with Gasteiger partial charge in [-0.3, -0.25) is 0 Å². The molecule has 0 radical (unpaired) electrons. The zero-order chi connectivity index (χ0) is 19.1. The molecule has 0 spiro atoms. The number of guanidine groups is 1. The summed E-state index contributed by atoms with van der Waals surface area (Å²) in [5.74, 6) is 0.832. The van der Waals surface area contributed by atoms with Crippen LogP contribution in [0.4, 0.5) is 0 Å². The number of aliphatic imine (C=N–C) groups is 1. The van der Waals surface area contributed by atoms with E-state index in [1.54, 1.807) is 22.7 Å². The van der Waals surface area contributed by atoms with E-state index in [1.807, 2.05) is 25.1 Å². The third kappa shape index (κ3) is 5.61. The Morgan fingerprint density at radius 3 is 2.63 bits per heavy atom. The van der Waals surface area contributed by atoms with E-state index in [0.717, 1.165) is 52.4 Å². The molecular formula is C20H25N5S2. The van der Waals surface area contributed by atoms with Crippen molar-refractivity contribution >= 4 is 28.6 Å². The van der Waals surface area contributed by atoms with Gasteiger partial charge < -0.3 is 10.6 Å². The molecule has 0 fully saturated rings. The standard InChI is InChI=1S/C20H25N5S2/c1-4-21-20(22-11-10-17-13-26-15(3)25-17)23-12-18-14(2)24-19(27-18)16-8-6-5-7-9-16/h5-9,13H,4,10-12H2,1-3H3,(H2,21,22,23). The predicted molar refractivity (Wildman–Crippen MR) is 116 cm³/mol. The number of hydrogen-bond donors (Lipinski definition) is 2. The Morgan fingerprint density at radius 2 is 1.93 bits per heavy atom. The number of nitrogens with zero attached hydrogens (tertiary/aromatic N) is 3. The highest BCUT2D eigenvalue weighted by atomic mass is 32.1. The Morgan fingerprint density at radius 1 is 1.11 bits per heavy atom. The van der Waals surface area contributed by atoms with Gasteiger partial charge in [0.05, 0.1) is 22.9 Å². The van der Waals surface area contributed by atoms with Crippen molar-refractivity contribution in [1.29, 1.82) is 0 Å². The summed E-state index contributed by atoms with van der Waals surface area (Å²) >= 11 is 3.41. The topological polar surface area (TPSA) is 62.2 Å². The van der Waals surface area contributed by atoms with Gasteiger partial charge in [-0.1, -0.05) is 30.3 Å². The van der Waals surface area contributed by atoms with Gasteiger partial charge in [0.15, 0.2) is 5.96 Å². The molecule has 0 bridgehead atoms. The Labute approximate surface area is 168 Å². The van der Waals surface area contributed by atoms with Gasteiger partial charge in [0, 0.05) is 35.3 Å². The fourth-order valence-electron chi connectivity index (χ4n) is 2.60. The predicted octanol–water partition coefficient (Wildman–Crippen LogP) is 4.18. The molecule has 2 heterocycles. The van der Waals surface area contributed by atoms with Crippen molar-refractivity contribution in [2.24, 2.45) is 4.99 Å². The van der Waals surface area contributed by atoms with Gasteiger partial charge in [0.2, 0.25) is 0 Å². The molecule has 0 amide bonds. The Hall–Kier alpha value is -2.25. The smallest absolute Gasteiger partial charge is 0.191 e. The molecule has 0 atom stereocenters. The SMILES string of the molecule is CCNC(=NCc1sc(-c2ccccc2)nc1C)NCCc1csc(C)n1. The summed E-state index contributed by atoms with van der Waals surface area (Å²) in [6.45, 7) is 8.44. The number of nitrogens with one attached hydrogen (secondary N) is 2. The molecule has 0 saturated heterocycles. The van der Waals surface area contributed by atoms with E-state index in [9.17, 15) is 0 Å². The van der Waals surface area contributed by atoms with Crippen LogP contribution in [0.2, 0.25) is 0 Å². The minimum absolute atomic E-state index is 0.626. The van der Waals surface area contributed by atoms with Crippen LogP contribution in [0.5, 0.6) is 0 Å². The first-order chi connectivity index (χ1) is 13.2. The van der Waals surface area contributed by atoms with E-state index in [2.05, 4.69) is 47.0 Å². The molecule has 5 nitrogen and oxygen atoms in total. The van der Waals surface area contributed by atoms with Gasteiger partial charge in [0.1, 0.15) is 5.01 Å². The third-order valence-electron chi connectivity index (χ3n) is 3.98. The summed E-state index contributed by atoms with van der Waals surface area (Å²) < 4.78 is 0. The minimum atomic E-state index is 0.626. The second-order valence-corrected chi connectivity index (χ2v) is 8.27. The quantitative estimate of drug-likeness (QED) is 0.462. The molecule has 0 aliphatic carbocycles. The molecule has 0 saturated carbocycles. The lowest BCUT2D eigenvalue weighted by molar-refractivity contribution is 0.790. The number of thiazole rings is 2. The lowest BCUT2D eigenvalue weighted by Gasteiger charge is -2.10. The number of aromatic nitrogens is 2. The van der Waals surface area contributed by atoms with Crippen LogP contribution in [0.15, 0.2) is 40.7 Å². The molecule has 27 heavy (non-hydrogen) atoms. The van der Waals surface area contributed by atoms with Crippen LogP contribution in [0.25, 0.3) is 10.6 Å². The number of aryl methyl sites for hydroxylation is 2. The van der Waals surface area contributed by atoms with Gasteiger partial charge in [-0.2, -0.15) is 0 Å².